The lowest BCUT2D eigenvalue weighted by Gasteiger charge is -2.25. The number of nitrogens with zero attached hydrogens (tertiary/aromatic N) is 1. The standard InChI is InChI=1S/C15H21NO4/c1-6-19-13(17)11-9-7-8-10-12(11)16(5)14(18)20-15(2,3)4/h7-10H,6H2,1-5H3. The number of para-hydroxylation sites is 1. The number of hydrogen-bond donors (Lipinski definition) is 0. The van der Waals surface area contributed by atoms with Gasteiger partial charge in [0.1, 0.15) is 5.60 Å². The lowest BCUT2D eigenvalue weighted by atomic mass is 10.1. The van der Waals surface area contributed by atoms with Crippen LogP contribution in [0, 0.1) is 0 Å². The van der Waals surface area contributed by atoms with Gasteiger partial charge in [-0.1, -0.05) is 12.1 Å². The van der Waals surface area contributed by atoms with Crippen LogP contribution in [-0.2, 0) is 9.47 Å². The fourth-order valence-electron chi connectivity index (χ4n) is 1.58. The number of amides is 1. The van der Waals surface area contributed by atoms with E-state index in [4.69, 9.17) is 9.47 Å². The van der Waals surface area contributed by atoms with Gasteiger partial charge in [-0.05, 0) is 39.8 Å². The van der Waals surface area contributed by atoms with Crippen molar-refractivity contribution in [1.29, 1.82) is 0 Å². The number of ether oxygens (including phenoxy) is 2. The Kier molecular flexibility index (Phi) is 5.13. The zero-order valence-corrected chi connectivity index (χ0v) is 12.6. The molecule has 0 saturated carbocycles. The number of esters is 1. The fourth-order valence-corrected chi connectivity index (χ4v) is 1.58. The molecule has 0 aliphatic rings. The minimum Gasteiger partial charge on any atom is -0.462 e. The normalized spacial score (nSPS) is 10.8. The summed E-state index contributed by atoms with van der Waals surface area (Å²) >= 11 is 0. The number of hydrogen-bond acceptors (Lipinski definition) is 4. The van der Waals surface area contributed by atoms with Crippen LogP contribution in [0.5, 0.6) is 0 Å². The Morgan fingerprint density at radius 2 is 1.80 bits per heavy atom. The summed E-state index contributed by atoms with van der Waals surface area (Å²) in [6.07, 6.45) is -0.519. The molecule has 0 aromatic heterocycles. The molecule has 1 amide bonds. The molecule has 5 heteroatoms. The van der Waals surface area contributed by atoms with Gasteiger partial charge in [0, 0.05) is 7.05 Å². The molecule has 0 atom stereocenters. The van der Waals surface area contributed by atoms with Crippen LogP contribution >= 0.6 is 0 Å². The van der Waals surface area contributed by atoms with Crippen LogP contribution in [0.15, 0.2) is 24.3 Å². The molecule has 110 valence electrons. The zero-order valence-electron chi connectivity index (χ0n) is 12.6. The van der Waals surface area contributed by atoms with Gasteiger partial charge in [-0.3, -0.25) is 4.90 Å². The summed E-state index contributed by atoms with van der Waals surface area (Å²) in [4.78, 5) is 25.2. The summed E-state index contributed by atoms with van der Waals surface area (Å²) in [5, 5.41) is 0. The average Bonchev–Trinajstić information content (AvgIpc) is 2.36. The van der Waals surface area contributed by atoms with Gasteiger partial charge in [-0.2, -0.15) is 0 Å². The molecule has 0 bridgehead atoms. The van der Waals surface area contributed by atoms with E-state index in [1.807, 2.05) is 0 Å². The first-order valence-corrected chi connectivity index (χ1v) is 6.49. The number of anilines is 1. The highest BCUT2D eigenvalue weighted by Gasteiger charge is 2.23. The van der Waals surface area contributed by atoms with E-state index in [1.54, 1.807) is 59.0 Å². The first-order chi connectivity index (χ1) is 9.26. The smallest absolute Gasteiger partial charge is 0.414 e. The number of rotatable bonds is 3. The van der Waals surface area contributed by atoms with Crippen LogP contribution in [0.2, 0.25) is 0 Å². The topological polar surface area (TPSA) is 55.8 Å². The van der Waals surface area contributed by atoms with Crippen LogP contribution in [0.4, 0.5) is 10.5 Å². The van der Waals surface area contributed by atoms with Crippen molar-refractivity contribution >= 4 is 17.7 Å². The third kappa shape index (κ3) is 4.26. The maximum atomic E-state index is 12.0. The molecular weight excluding hydrogens is 258 g/mol. The quantitative estimate of drug-likeness (QED) is 0.797. The molecule has 5 nitrogen and oxygen atoms in total. The van der Waals surface area contributed by atoms with Gasteiger partial charge in [0.15, 0.2) is 0 Å². The van der Waals surface area contributed by atoms with Crippen molar-refractivity contribution in [3.8, 4) is 0 Å². The second kappa shape index (κ2) is 6.41. The first-order valence-electron chi connectivity index (χ1n) is 6.49. The van der Waals surface area contributed by atoms with E-state index in [-0.39, 0.29) is 6.61 Å². The molecule has 0 N–H and O–H groups in total. The Morgan fingerprint density at radius 3 is 2.35 bits per heavy atom. The zero-order chi connectivity index (χ0) is 15.3. The minimum atomic E-state index is -0.593. The molecule has 0 spiro atoms. The summed E-state index contributed by atoms with van der Waals surface area (Å²) in [7, 11) is 1.56. The lowest BCUT2D eigenvalue weighted by molar-refractivity contribution is 0.0527. The highest BCUT2D eigenvalue weighted by atomic mass is 16.6. The van der Waals surface area contributed by atoms with E-state index in [2.05, 4.69) is 0 Å². The van der Waals surface area contributed by atoms with E-state index in [0.29, 0.717) is 11.3 Å². The van der Waals surface area contributed by atoms with Gasteiger partial charge in [0.25, 0.3) is 0 Å². The summed E-state index contributed by atoms with van der Waals surface area (Å²) < 4.78 is 10.3. The molecule has 1 rings (SSSR count). The molecule has 0 radical (unpaired) electrons. The largest absolute Gasteiger partial charge is 0.462 e. The summed E-state index contributed by atoms with van der Waals surface area (Å²) in [6, 6.07) is 6.77. The van der Waals surface area contributed by atoms with E-state index in [9.17, 15) is 9.59 Å². The van der Waals surface area contributed by atoms with Gasteiger partial charge in [-0.15, -0.1) is 0 Å². The Bertz CT molecular complexity index is 491. The Labute approximate surface area is 119 Å². The lowest BCUT2D eigenvalue weighted by Crippen LogP contribution is -2.35. The minimum absolute atomic E-state index is 0.281. The van der Waals surface area contributed by atoms with Crippen molar-refractivity contribution in [2.45, 2.75) is 33.3 Å². The highest BCUT2D eigenvalue weighted by molar-refractivity contribution is 6.00. The SMILES string of the molecule is CCOC(=O)c1ccccc1N(C)C(=O)OC(C)(C)C. The Hall–Kier alpha value is -2.04. The fraction of sp³-hybridized carbons (Fsp3) is 0.467. The molecule has 0 aliphatic heterocycles. The predicted octanol–water partition coefficient (Wildman–Crippen LogP) is 3.23. The van der Waals surface area contributed by atoms with Crippen molar-refractivity contribution < 1.29 is 19.1 Å². The van der Waals surface area contributed by atoms with E-state index in [1.165, 1.54) is 4.90 Å². The molecule has 0 saturated heterocycles. The number of benzene rings is 1. The Balaban J connectivity index is 3.01. The van der Waals surface area contributed by atoms with E-state index < -0.39 is 17.7 Å². The van der Waals surface area contributed by atoms with Crippen molar-refractivity contribution in [2.24, 2.45) is 0 Å². The van der Waals surface area contributed by atoms with Crippen LogP contribution in [0.25, 0.3) is 0 Å². The molecule has 1 aromatic carbocycles. The maximum absolute atomic E-state index is 12.0. The van der Waals surface area contributed by atoms with Crippen LogP contribution < -0.4 is 4.90 Å². The monoisotopic (exact) mass is 279 g/mol. The van der Waals surface area contributed by atoms with Crippen molar-refractivity contribution in [2.75, 3.05) is 18.6 Å². The first kappa shape index (κ1) is 16.0. The maximum Gasteiger partial charge on any atom is 0.414 e. The van der Waals surface area contributed by atoms with E-state index >= 15 is 0 Å². The van der Waals surface area contributed by atoms with Gasteiger partial charge >= 0.3 is 12.1 Å². The summed E-state index contributed by atoms with van der Waals surface area (Å²) in [6.45, 7) is 7.38. The van der Waals surface area contributed by atoms with E-state index in [0.717, 1.165) is 0 Å². The molecule has 0 heterocycles. The van der Waals surface area contributed by atoms with Gasteiger partial charge in [0.05, 0.1) is 17.9 Å². The van der Waals surface area contributed by atoms with Crippen LogP contribution in [0.3, 0.4) is 0 Å². The molecule has 1 aromatic rings. The van der Waals surface area contributed by atoms with Gasteiger partial charge in [-0.25, -0.2) is 9.59 Å². The van der Waals surface area contributed by atoms with Crippen LogP contribution in [0.1, 0.15) is 38.1 Å². The second-order valence-corrected chi connectivity index (χ2v) is 5.28. The second-order valence-electron chi connectivity index (χ2n) is 5.28. The average molecular weight is 279 g/mol. The molecule has 0 aliphatic carbocycles. The van der Waals surface area contributed by atoms with Crippen LogP contribution in [-0.4, -0.2) is 31.3 Å². The van der Waals surface area contributed by atoms with Crippen molar-refractivity contribution in [1.82, 2.24) is 0 Å². The summed E-state index contributed by atoms with van der Waals surface area (Å²) in [5.74, 6) is -0.460. The Morgan fingerprint density at radius 1 is 1.20 bits per heavy atom. The van der Waals surface area contributed by atoms with Crippen molar-refractivity contribution in [3.63, 3.8) is 0 Å². The van der Waals surface area contributed by atoms with Gasteiger partial charge in [0.2, 0.25) is 0 Å². The van der Waals surface area contributed by atoms with Gasteiger partial charge < -0.3 is 9.47 Å². The number of carbonyl (C=O) groups is 2. The molecular formula is C15H21NO4. The predicted molar refractivity (Wildman–Crippen MR) is 77.0 cm³/mol. The number of carbonyl (C=O) groups excluding carboxylic acids is 2. The molecule has 0 fully saturated rings. The third-order valence-electron chi connectivity index (χ3n) is 2.43. The molecule has 0 unspecified atom stereocenters. The third-order valence-corrected chi connectivity index (χ3v) is 2.43. The molecule has 20 heavy (non-hydrogen) atoms. The van der Waals surface area contributed by atoms with Crippen molar-refractivity contribution in [3.05, 3.63) is 29.8 Å². The highest BCUT2D eigenvalue weighted by Crippen LogP contribution is 2.22. The summed E-state index contributed by atoms with van der Waals surface area (Å²) in [5.41, 5.74) is 0.201.